The summed E-state index contributed by atoms with van der Waals surface area (Å²) in [4.78, 5) is 21.6. The van der Waals surface area contributed by atoms with Crippen molar-refractivity contribution in [2.45, 2.75) is 12.1 Å². The summed E-state index contributed by atoms with van der Waals surface area (Å²) in [6.07, 6.45) is 2.25. The van der Waals surface area contributed by atoms with Gasteiger partial charge in [-0.05, 0) is 30.3 Å². The summed E-state index contributed by atoms with van der Waals surface area (Å²) < 4.78 is 38.9. The van der Waals surface area contributed by atoms with Crippen LogP contribution in [0.3, 0.4) is 0 Å². The van der Waals surface area contributed by atoms with Gasteiger partial charge < -0.3 is 14.2 Å². The number of likely N-dealkylation sites (tertiary alicyclic amines) is 1. The molecule has 1 aromatic carbocycles. The number of rotatable bonds is 4. The van der Waals surface area contributed by atoms with Crippen LogP contribution in [0, 0.1) is 5.82 Å². The van der Waals surface area contributed by atoms with Crippen molar-refractivity contribution in [3.8, 4) is 17.1 Å². The molecule has 7 nitrogen and oxygen atoms in total. The lowest BCUT2D eigenvalue weighted by Gasteiger charge is -2.18. The SMILES string of the molecule is COc1ccc(-c2noc(C3(F)CCN(C(=O)c4cncc(F)c4)C3)n2)cc1. The molecule has 1 aliphatic heterocycles. The van der Waals surface area contributed by atoms with Crippen LogP contribution in [0.25, 0.3) is 11.4 Å². The molecule has 2 aromatic heterocycles. The maximum Gasteiger partial charge on any atom is 0.266 e. The molecule has 4 rings (SSSR count). The number of aromatic nitrogens is 3. The molecule has 144 valence electrons. The van der Waals surface area contributed by atoms with Gasteiger partial charge in [0.25, 0.3) is 11.8 Å². The molecule has 9 heteroatoms. The number of ether oxygens (including phenoxy) is 1. The molecule has 0 aliphatic carbocycles. The van der Waals surface area contributed by atoms with Gasteiger partial charge in [0.1, 0.15) is 11.6 Å². The number of nitrogens with zero attached hydrogens (tertiary/aromatic N) is 4. The number of amides is 1. The van der Waals surface area contributed by atoms with E-state index < -0.39 is 17.4 Å². The van der Waals surface area contributed by atoms with E-state index in [-0.39, 0.29) is 36.8 Å². The third-order valence-electron chi connectivity index (χ3n) is 4.62. The number of halogens is 2. The minimum atomic E-state index is -1.96. The maximum atomic E-state index is 15.4. The number of carbonyl (C=O) groups excluding carboxylic acids is 1. The zero-order valence-corrected chi connectivity index (χ0v) is 14.9. The fourth-order valence-electron chi connectivity index (χ4n) is 3.09. The van der Waals surface area contributed by atoms with Crippen LogP contribution >= 0.6 is 0 Å². The standard InChI is InChI=1S/C19H16F2N4O3/c1-27-15-4-2-12(3-5-15)16-23-18(28-24-16)19(21)6-7-25(11-19)17(26)13-8-14(20)10-22-9-13/h2-5,8-10H,6-7,11H2,1H3. The van der Waals surface area contributed by atoms with Crippen LogP contribution in [0.15, 0.2) is 47.2 Å². The Morgan fingerprint density at radius 1 is 1.29 bits per heavy atom. The maximum absolute atomic E-state index is 15.4. The predicted octanol–water partition coefficient (Wildman–Crippen LogP) is 2.99. The van der Waals surface area contributed by atoms with E-state index in [0.29, 0.717) is 11.3 Å². The monoisotopic (exact) mass is 386 g/mol. The van der Waals surface area contributed by atoms with E-state index in [4.69, 9.17) is 9.26 Å². The van der Waals surface area contributed by atoms with Crippen molar-refractivity contribution < 1.29 is 22.8 Å². The van der Waals surface area contributed by atoms with Crippen molar-refractivity contribution in [1.29, 1.82) is 0 Å². The molecule has 0 radical (unpaired) electrons. The van der Waals surface area contributed by atoms with Crippen molar-refractivity contribution in [1.82, 2.24) is 20.0 Å². The molecule has 1 unspecified atom stereocenters. The van der Waals surface area contributed by atoms with Crippen LogP contribution in [0.1, 0.15) is 22.7 Å². The van der Waals surface area contributed by atoms with Gasteiger partial charge in [-0.25, -0.2) is 8.78 Å². The molecule has 1 atom stereocenters. The second-order valence-corrected chi connectivity index (χ2v) is 6.49. The number of benzene rings is 1. The molecule has 1 amide bonds. The van der Waals surface area contributed by atoms with Gasteiger partial charge in [-0.2, -0.15) is 4.98 Å². The molecule has 0 spiro atoms. The summed E-state index contributed by atoms with van der Waals surface area (Å²) in [5, 5.41) is 3.84. The minimum Gasteiger partial charge on any atom is -0.497 e. The number of hydrogen-bond acceptors (Lipinski definition) is 6. The zero-order valence-electron chi connectivity index (χ0n) is 14.9. The summed E-state index contributed by atoms with van der Waals surface area (Å²) in [5.41, 5.74) is -1.25. The van der Waals surface area contributed by atoms with Crippen LogP contribution < -0.4 is 4.74 Å². The van der Waals surface area contributed by atoms with Crippen molar-refractivity contribution in [3.63, 3.8) is 0 Å². The van der Waals surface area contributed by atoms with E-state index in [1.54, 1.807) is 31.4 Å². The highest BCUT2D eigenvalue weighted by Gasteiger charge is 2.46. The summed E-state index contributed by atoms with van der Waals surface area (Å²) in [6, 6.07) is 8.01. The number of pyridine rings is 1. The topological polar surface area (TPSA) is 81.4 Å². The van der Waals surface area contributed by atoms with E-state index in [1.807, 2.05) is 0 Å². The van der Waals surface area contributed by atoms with Crippen LogP contribution in [0.5, 0.6) is 5.75 Å². The highest BCUT2D eigenvalue weighted by Crippen LogP contribution is 2.36. The molecule has 1 fully saturated rings. The summed E-state index contributed by atoms with van der Waals surface area (Å²) >= 11 is 0. The van der Waals surface area contributed by atoms with Gasteiger partial charge in [0.2, 0.25) is 11.5 Å². The third-order valence-corrected chi connectivity index (χ3v) is 4.62. The first kappa shape index (κ1) is 18.0. The number of hydrogen-bond donors (Lipinski definition) is 0. The van der Waals surface area contributed by atoms with Gasteiger partial charge in [-0.3, -0.25) is 9.78 Å². The first-order valence-corrected chi connectivity index (χ1v) is 8.56. The van der Waals surface area contributed by atoms with Gasteiger partial charge in [0.15, 0.2) is 0 Å². The Bertz CT molecular complexity index is 1010. The van der Waals surface area contributed by atoms with Gasteiger partial charge in [0.05, 0.1) is 25.4 Å². The fraction of sp³-hybridized carbons (Fsp3) is 0.263. The first-order valence-electron chi connectivity index (χ1n) is 8.56. The van der Waals surface area contributed by atoms with E-state index in [9.17, 15) is 9.18 Å². The number of alkyl halides is 1. The Kier molecular flexibility index (Phi) is 4.50. The van der Waals surface area contributed by atoms with Crippen molar-refractivity contribution in [3.05, 3.63) is 60.0 Å². The third kappa shape index (κ3) is 3.30. The Balaban J connectivity index is 1.52. The first-order chi connectivity index (χ1) is 13.5. The minimum absolute atomic E-state index is 0.00568. The molecule has 3 aromatic rings. The summed E-state index contributed by atoms with van der Waals surface area (Å²) in [7, 11) is 1.56. The van der Waals surface area contributed by atoms with Crippen molar-refractivity contribution >= 4 is 5.91 Å². The molecule has 0 bridgehead atoms. The van der Waals surface area contributed by atoms with Gasteiger partial charge in [-0.15, -0.1) is 0 Å². The van der Waals surface area contributed by atoms with Gasteiger partial charge in [-0.1, -0.05) is 5.16 Å². The molecule has 28 heavy (non-hydrogen) atoms. The highest BCUT2D eigenvalue weighted by molar-refractivity contribution is 5.94. The molecular weight excluding hydrogens is 370 g/mol. The van der Waals surface area contributed by atoms with Crippen LogP contribution in [0.2, 0.25) is 0 Å². The number of methoxy groups -OCH3 is 1. The molecule has 3 heterocycles. The van der Waals surface area contributed by atoms with E-state index in [0.717, 1.165) is 12.3 Å². The molecule has 1 saturated heterocycles. The average molecular weight is 386 g/mol. The Morgan fingerprint density at radius 2 is 2.07 bits per heavy atom. The highest BCUT2D eigenvalue weighted by atomic mass is 19.1. The zero-order chi connectivity index (χ0) is 19.7. The molecule has 1 aliphatic rings. The van der Waals surface area contributed by atoms with E-state index in [2.05, 4.69) is 15.1 Å². The molecule has 0 N–H and O–H groups in total. The van der Waals surface area contributed by atoms with Crippen LogP contribution in [-0.4, -0.2) is 46.1 Å². The van der Waals surface area contributed by atoms with Gasteiger partial charge in [0, 0.05) is 24.7 Å². The quantitative estimate of drug-likeness (QED) is 0.686. The fourth-order valence-corrected chi connectivity index (χ4v) is 3.09. The van der Waals surface area contributed by atoms with Crippen LogP contribution in [-0.2, 0) is 5.67 Å². The van der Waals surface area contributed by atoms with E-state index >= 15 is 4.39 Å². The lowest BCUT2D eigenvalue weighted by atomic mass is 10.1. The lowest BCUT2D eigenvalue weighted by molar-refractivity contribution is 0.0716. The Hall–Kier alpha value is -3.36. The number of carbonyl (C=O) groups is 1. The van der Waals surface area contributed by atoms with Crippen molar-refractivity contribution in [2.24, 2.45) is 0 Å². The summed E-state index contributed by atoms with van der Waals surface area (Å²) in [6.45, 7) is -0.112. The normalized spacial score (nSPS) is 19.0. The Morgan fingerprint density at radius 3 is 2.79 bits per heavy atom. The average Bonchev–Trinajstić information content (AvgIpc) is 3.36. The second kappa shape index (κ2) is 6.99. The molecular formula is C19H16F2N4O3. The largest absolute Gasteiger partial charge is 0.497 e. The van der Waals surface area contributed by atoms with E-state index in [1.165, 1.54) is 11.1 Å². The van der Waals surface area contributed by atoms with Crippen molar-refractivity contribution in [2.75, 3.05) is 20.2 Å². The lowest BCUT2D eigenvalue weighted by Crippen LogP contribution is -2.32. The predicted molar refractivity (Wildman–Crippen MR) is 93.8 cm³/mol. The smallest absolute Gasteiger partial charge is 0.266 e. The second-order valence-electron chi connectivity index (χ2n) is 6.49. The van der Waals surface area contributed by atoms with Gasteiger partial charge >= 0.3 is 0 Å². The van der Waals surface area contributed by atoms with Crippen LogP contribution in [0.4, 0.5) is 8.78 Å². The summed E-state index contributed by atoms with van der Waals surface area (Å²) in [5.74, 6) is -0.398. The molecule has 0 saturated carbocycles. The Labute approximate surface area is 159 Å².